The largest absolute Gasteiger partial charge is 1.00 e. The Labute approximate surface area is 353 Å². The number of hydrogen-bond donors (Lipinski definition) is 12. The summed E-state index contributed by atoms with van der Waals surface area (Å²) in [6.07, 6.45) is -28.3. The van der Waals surface area contributed by atoms with Crippen molar-refractivity contribution in [1.82, 2.24) is 16.0 Å². The third-order valence-electron chi connectivity index (χ3n) is 9.47. The third kappa shape index (κ3) is 12.2. The number of aliphatic carboxylic acids is 1. The van der Waals surface area contributed by atoms with E-state index in [0.29, 0.717) is 0 Å². The Morgan fingerprint density at radius 3 is 1.84 bits per heavy atom. The number of esters is 1. The fourth-order valence-electron chi connectivity index (χ4n) is 6.66. The van der Waals surface area contributed by atoms with Crippen LogP contribution in [-0.2, 0) is 57.1 Å². The Hall–Kier alpha value is -2.25. The molecule has 3 aliphatic rings. The molecule has 3 rings (SSSR count). The molecule has 0 unspecified atom stereocenters. The van der Waals surface area contributed by atoms with Crippen LogP contribution in [-0.4, -0.2) is 212 Å². The van der Waals surface area contributed by atoms with E-state index in [4.69, 9.17) is 33.2 Å². The van der Waals surface area contributed by atoms with Crippen LogP contribution in [0.3, 0.4) is 0 Å². The van der Waals surface area contributed by atoms with E-state index in [1.807, 2.05) is 0 Å². The molecule has 328 valence electrons. The number of carboxylic acids is 1. The maximum atomic E-state index is 12.7. The molecule has 26 heteroatoms. The number of carboxylic acid groups (broad SMARTS) is 1. The minimum absolute atomic E-state index is 0. The van der Waals surface area contributed by atoms with Gasteiger partial charge in [0, 0.05) is 27.2 Å². The molecule has 0 radical (unpaired) electrons. The van der Waals surface area contributed by atoms with Crippen LogP contribution in [0.5, 0.6) is 0 Å². The minimum Gasteiger partial charge on any atom is -0.544 e. The van der Waals surface area contributed by atoms with Gasteiger partial charge in [0.25, 0.3) is 0 Å². The Balaban J connectivity index is 0.0000116. The summed E-state index contributed by atoms with van der Waals surface area (Å²) >= 11 is 0. The second-order valence-corrected chi connectivity index (χ2v) is 13.7. The molecule has 3 aliphatic heterocycles. The number of carbonyl (C=O) groups excluding carboxylic acids is 5. The molecule has 3 saturated heterocycles. The third-order valence-corrected chi connectivity index (χ3v) is 9.47. The van der Waals surface area contributed by atoms with Crippen molar-refractivity contribution in [3.63, 3.8) is 0 Å². The zero-order valence-corrected chi connectivity index (χ0v) is 34.5. The van der Waals surface area contributed by atoms with Crippen LogP contribution in [0.25, 0.3) is 0 Å². The van der Waals surface area contributed by atoms with E-state index in [1.54, 1.807) is 0 Å². The summed E-state index contributed by atoms with van der Waals surface area (Å²) in [4.78, 5) is 61.4. The monoisotopic (exact) mass is 853 g/mol. The minimum atomic E-state index is -3.22. The van der Waals surface area contributed by atoms with Crippen molar-refractivity contribution >= 4 is 29.7 Å². The van der Waals surface area contributed by atoms with Crippen molar-refractivity contribution in [2.75, 3.05) is 26.9 Å². The number of methoxy groups -OCH3 is 1. The van der Waals surface area contributed by atoms with Crippen LogP contribution in [0.4, 0.5) is 0 Å². The Bertz CT molecular complexity index is 1400. The van der Waals surface area contributed by atoms with Gasteiger partial charge < -0.3 is 105 Å². The van der Waals surface area contributed by atoms with Gasteiger partial charge in [0.15, 0.2) is 18.6 Å². The molecule has 3 heterocycles. The maximum Gasteiger partial charge on any atom is 1.00 e. The molecule has 0 bridgehead atoms. The van der Waals surface area contributed by atoms with Crippen molar-refractivity contribution in [3.8, 4) is 0 Å². The number of carbonyl (C=O) groups is 5. The Morgan fingerprint density at radius 1 is 0.828 bits per heavy atom. The van der Waals surface area contributed by atoms with Gasteiger partial charge in [0.05, 0.1) is 45.2 Å². The van der Waals surface area contributed by atoms with Crippen LogP contribution in [0.15, 0.2) is 0 Å². The molecule has 3 fully saturated rings. The van der Waals surface area contributed by atoms with E-state index in [-0.39, 0.29) is 29.6 Å². The summed E-state index contributed by atoms with van der Waals surface area (Å²) in [6.45, 7) is 1.39. The topological polar surface area (TPSA) is 391 Å². The van der Waals surface area contributed by atoms with E-state index in [2.05, 4.69) is 16.0 Å². The quantitative estimate of drug-likeness (QED) is 0.0477. The van der Waals surface area contributed by atoms with E-state index >= 15 is 0 Å². The van der Waals surface area contributed by atoms with Gasteiger partial charge in [-0.1, -0.05) is 0 Å². The number of amides is 3. The van der Waals surface area contributed by atoms with Crippen LogP contribution in [0.1, 0.15) is 34.1 Å². The first-order valence-corrected chi connectivity index (χ1v) is 17.7. The maximum absolute atomic E-state index is 12.7. The molecule has 0 aromatic heterocycles. The van der Waals surface area contributed by atoms with Crippen LogP contribution >= 0.6 is 0 Å². The summed E-state index contributed by atoms with van der Waals surface area (Å²) in [6, 6.07) is -4.68. The van der Waals surface area contributed by atoms with E-state index < -0.39 is 166 Å². The molecule has 3 amide bonds. The zero-order valence-electron chi connectivity index (χ0n) is 32.5. The summed E-state index contributed by atoms with van der Waals surface area (Å²) < 4.78 is 38.9. The Morgan fingerprint density at radius 2 is 1.36 bits per heavy atom. The van der Waals surface area contributed by atoms with Gasteiger partial charge in [0.2, 0.25) is 23.5 Å². The second kappa shape index (κ2) is 22.6. The average Bonchev–Trinajstić information content (AvgIpc) is 3.14. The van der Waals surface area contributed by atoms with Crippen LogP contribution < -0.4 is 50.6 Å². The molecule has 18 atom stereocenters. The van der Waals surface area contributed by atoms with Crippen molar-refractivity contribution in [3.05, 3.63) is 0 Å². The number of aliphatic hydroxyl groups is 9. The predicted octanol–water partition coefficient (Wildman–Crippen LogP) is -12.3. The number of nitrogens with one attached hydrogen (secondary N) is 3. The smallest absolute Gasteiger partial charge is 0.544 e. The summed E-state index contributed by atoms with van der Waals surface area (Å²) in [5.41, 5.74) is 0. The molecule has 12 N–H and O–H groups in total. The molecule has 0 aliphatic carbocycles. The van der Waals surface area contributed by atoms with Gasteiger partial charge in [-0.3, -0.25) is 14.4 Å². The van der Waals surface area contributed by atoms with Crippen molar-refractivity contribution in [1.29, 1.82) is 0 Å². The van der Waals surface area contributed by atoms with Gasteiger partial charge >= 0.3 is 35.5 Å². The molecule has 0 aromatic carbocycles. The molecule has 0 aromatic rings. The van der Waals surface area contributed by atoms with E-state index in [9.17, 15) is 75.0 Å². The number of rotatable bonds is 17. The second-order valence-electron chi connectivity index (χ2n) is 13.7. The van der Waals surface area contributed by atoms with E-state index in [1.165, 1.54) is 6.92 Å². The SMILES string of the molecule is COC(=O)[C@@H](NC(C)=O)[C@@H](C)O[C@H]1O[C@H](CO)[C@H](O)[C@H](O[C@@H]2O[C@H](CO)[C@H](O)[C@H](O[C@]3(C(=O)[O-])C[C@H](O)[C@@H](NC(C)=O)[C@H]([C@H](O)[C@H](O)CO)O3)[C@H]2O)[C@H]1NC(C)=O.[Na+]. The summed E-state index contributed by atoms with van der Waals surface area (Å²) in [5.74, 6) is -8.67. The van der Waals surface area contributed by atoms with Crippen LogP contribution in [0.2, 0.25) is 0 Å². The van der Waals surface area contributed by atoms with Crippen molar-refractivity contribution in [2.45, 2.75) is 144 Å². The van der Waals surface area contributed by atoms with E-state index in [0.717, 1.165) is 27.9 Å². The first kappa shape index (κ1) is 51.9. The van der Waals surface area contributed by atoms with Gasteiger partial charge in [0.1, 0.15) is 73.1 Å². The van der Waals surface area contributed by atoms with Crippen molar-refractivity contribution in [2.24, 2.45) is 0 Å². The molecular weight excluding hydrogens is 801 g/mol. The number of hydrogen-bond acceptors (Lipinski definition) is 22. The molecule has 58 heavy (non-hydrogen) atoms. The van der Waals surface area contributed by atoms with Gasteiger partial charge in [-0.05, 0) is 6.92 Å². The normalized spacial score (nSPS) is 37.2. The fourth-order valence-corrected chi connectivity index (χ4v) is 6.66. The summed E-state index contributed by atoms with van der Waals surface area (Å²) in [7, 11) is 1.04. The molecular formula is C32H52N3NaO22. The van der Waals surface area contributed by atoms with Gasteiger partial charge in [-0.2, -0.15) is 0 Å². The first-order valence-electron chi connectivity index (χ1n) is 17.7. The van der Waals surface area contributed by atoms with Gasteiger partial charge in [-0.15, -0.1) is 0 Å². The van der Waals surface area contributed by atoms with Crippen molar-refractivity contribution < 1.29 is 138 Å². The van der Waals surface area contributed by atoms with Crippen LogP contribution in [0, 0.1) is 0 Å². The molecule has 0 spiro atoms. The summed E-state index contributed by atoms with van der Waals surface area (Å²) in [5, 5.41) is 115. The fraction of sp³-hybridized carbons (Fsp3) is 0.844. The molecule has 25 nitrogen and oxygen atoms in total. The first-order chi connectivity index (χ1) is 26.7. The Kier molecular flexibility index (Phi) is 20.2. The standard InChI is InChI=1S/C32H53N3O22.Na/c1-10(18(28(48)51-5)33-11(2)39)52-29-20(35-13(4)41)25(22(45)16(8-37)53-29)55-30-24(47)27(23(46)17(9-38)54-30)57-32(31(49)50)6-14(42)19(34-12(3)40)26(56-32)21(44)15(43)7-36;/h10,14-27,29-30,36-38,42-47H,6-9H2,1-5H3,(H,33,39)(H,34,40)(H,35,41)(H,49,50);/q;+1/p-1/t10-,14+,15-,16-,17-,18+,19-,20-,21-,22+,23+,24-,25-,26-,27+,29+,30+,32+;/m1./s1. The van der Waals surface area contributed by atoms with Gasteiger partial charge in [-0.25, -0.2) is 4.79 Å². The molecule has 0 saturated carbocycles. The average molecular weight is 854 g/mol. The zero-order chi connectivity index (χ0) is 43.1. The number of aliphatic hydroxyl groups excluding tert-OH is 9. The predicted molar refractivity (Wildman–Crippen MR) is 177 cm³/mol. The number of ether oxygens (including phenoxy) is 7.